The van der Waals surface area contributed by atoms with Crippen LogP contribution in [0.3, 0.4) is 0 Å². The zero-order valence-corrected chi connectivity index (χ0v) is 16.6. The molecular formula is C21H21ClFN3O2. The monoisotopic (exact) mass is 401 g/mol. The summed E-state index contributed by atoms with van der Waals surface area (Å²) in [7, 11) is 1.67. The highest BCUT2D eigenvalue weighted by atomic mass is 35.5. The molecule has 0 saturated carbocycles. The molecule has 3 aromatic rings. The van der Waals surface area contributed by atoms with Crippen LogP contribution >= 0.6 is 11.6 Å². The number of fused-ring (bicyclic) bond motifs is 1. The molecule has 146 valence electrons. The van der Waals surface area contributed by atoms with Crippen molar-refractivity contribution in [3.63, 3.8) is 0 Å². The van der Waals surface area contributed by atoms with E-state index in [-0.39, 0.29) is 22.7 Å². The fourth-order valence-electron chi connectivity index (χ4n) is 3.11. The summed E-state index contributed by atoms with van der Waals surface area (Å²) in [5.41, 5.74) is 1.22. The van der Waals surface area contributed by atoms with Crippen LogP contribution in [0.2, 0.25) is 5.02 Å². The van der Waals surface area contributed by atoms with Gasteiger partial charge in [0.05, 0.1) is 11.1 Å². The molecule has 1 heterocycles. The molecule has 2 amide bonds. The quantitative estimate of drug-likeness (QED) is 0.665. The van der Waals surface area contributed by atoms with Crippen LogP contribution in [0.5, 0.6) is 0 Å². The number of rotatable bonds is 4. The van der Waals surface area contributed by atoms with E-state index in [1.165, 1.54) is 23.1 Å². The fourth-order valence-corrected chi connectivity index (χ4v) is 3.29. The van der Waals surface area contributed by atoms with Crippen molar-refractivity contribution in [2.45, 2.75) is 26.4 Å². The molecule has 1 N–H and O–H groups in total. The van der Waals surface area contributed by atoms with E-state index in [1.807, 2.05) is 32.0 Å². The molecule has 0 spiro atoms. The summed E-state index contributed by atoms with van der Waals surface area (Å²) in [5.74, 6) is -0.547. The number of pyridine rings is 1. The molecule has 0 bridgehead atoms. The van der Waals surface area contributed by atoms with Crippen LogP contribution in [0.25, 0.3) is 10.8 Å². The van der Waals surface area contributed by atoms with Gasteiger partial charge in [0, 0.05) is 30.9 Å². The van der Waals surface area contributed by atoms with Crippen molar-refractivity contribution < 1.29 is 9.18 Å². The average Bonchev–Trinajstić information content (AvgIpc) is 2.70. The number of aryl methyl sites for hydroxylation is 1. The van der Waals surface area contributed by atoms with E-state index in [0.717, 1.165) is 10.9 Å². The van der Waals surface area contributed by atoms with E-state index in [1.54, 1.807) is 23.9 Å². The number of aromatic nitrogens is 1. The molecule has 0 fully saturated rings. The number of nitrogens with zero attached hydrogens (tertiary/aromatic N) is 2. The zero-order valence-electron chi connectivity index (χ0n) is 15.9. The topological polar surface area (TPSA) is 54.3 Å². The smallest absolute Gasteiger partial charge is 0.321 e. The largest absolute Gasteiger partial charge is 0.322 e. The second-order valence-corrected chi connectivity index (χ2v) is 6.97. The molecule has 0 aliphatic rings. The van der Waals surface area contributed by atoms with Crippen LogP contribution in [0.15, 0.2) is 53.5 Å². The van der Waals surface area contributed by atoms with Gasteiger partial charge in [-0.3, -0.25) is 4.79 Å². The molecule has 7 heteroatoms. The van der Waals surface area contributed by atoms with Gasteiger partial charge in [0.15, 0.2) is 0 Å². The summed E-state index contributed by atoms with van der Waals surface area (Å²) in [6.45, 7) is 4.33. The molecule has 2 aromatic carbocycles. The lowest BCUT2D eigenvalue weighted by Crippen LogP contribution is -2.34. The Labute approximate surface area is 167 Å². The third kappa shape index (κ3) is 3.73. The van der Waals surface area contributed by atoms with E-state index in [4.69, 9.17) is 11.6 Å². The third-order valence-corrected chi connectivity index (χ3v) is 5.18. The van der Waals surface area contributed by atoms with Crippen molar-refractivity contribution in [2.24, 2.45) is 0 Å². The summed E-state index contributed by atoms with van der Waals surface area (Å²) in [5, 5.41) is 4.09. The van der Waals surface area contributed by atoms with E-state index in [0.29, 0.717) is 17.6 Å². The Hall–Kier alpha value is -2.86. The second-order valence-electron chi connectivity index (χ2n) is 6.57. The van der Waals surface area contributed by atoms with Crippen LogP contribution in [-0.4, -0.2) is 22.5 Å². The molecule has 1 atom stereocenters. The van der Waals surface area contributed by atoms with Gasteiger partial charge in [0.25, 0.3) is 5.56 Å². The third-order valence-electron chi connectivity index (χ3n) is 4.89. The first-order valence-corrected chi connectivity index (χ1v) is 9.32. The maximum atomic E-state index is 13.3. The van der Waals surface area contributed by atoms with E-state index < -0.39 is 5.82 Å². The lowest BCUT2D eigenvalue weighted by molar-refractivity contribution is 0.208. The highest BCUT2D eigenvalue weighted by Gasteiger charge is 2.21. The standard InChI is InChI=1S/C21H21ClFN3O2/c1-4-26-12-17(15-7-5-6-8-16(15)20(26)27)13(2)25(3)21(28)24-14-9-10-19(23)18(22)11-14/h5-13H,4H2,1-3H3,(H,24,28). The van der Waals surface area contributed by atoms with E-state index in [2.05, 4.69) is 5.32 Å². The summed E-state index contributed by atoms with van der Waals surface area (Å²) < 4.78 is 15.0. The number of urea groups is 1. The number of amides is 2. The van der Waals surface area contributed by atoms with Gasteiger partial charge in [-0.1, -0.05) is 29.8 Å². The molecule has 0 aliphatic carbocycles. The van der Waals surface area contributed by atoms with Gasteiger partial charge in [0.1, 0.15) is 5.82 Å². The summed E-state index contributed by atoms with van der Waals surface area (Å²) in [4.78, 5) is 26.8. The van der Waals surface area contributed by atoms with E-state index >= 15 is 0 Å². The molecule has 1 aromatic heterocycles. The molecule has 1 unspecified atom stereocenters. The van der Waals surface area contributed by atoms with Crippen molar-refractivity contribution in [2.75, 3.05) is 12.4 Å². The Morgan fingerprint density at radius 3 is 2.57 bits per heavy atom. The van der Waals surface area contributed by atoms with Crippen molar-refractivity contribution in [3.05, 3.63) is 75.4 Å². The molecule has 0 radical (unpaired) electrons. The first-order valence-electron chi connectivity index (χ1n) is 8.94. The Balaban J connectivity index is 1.93. The number of carbonyl (C=O) groups excluding carboxylic acids is 1. The van der Waals surface area contributed by atoms with Gasteiger partial charge >= 0.3 is 6.03 Å². The lowest BCUT2D eigenvalue weighted by Gasteiger charge is -2.27. The number of nitrogens with one attached hydrogen (secondary N) is 1. The predicted molar refractivity (Wildman–Crippen MR) is 110 cm³/mol. The lowest BCUT2D eigenvalue weighted by atomic mass is 10.0. The number of carbonyl (C=O) groups is 1. The van der Waals surface area contributed by atoms with Gasteiger partial charge < -0.3 is 14.8 Å². The SMILES string of the molecule is CCn1cc(C(C)N(C)C(=O)Nc2ccc(F)c(Cl)c2)c2ccccc2c1=O. The van der Waals surface area contributed by atoms with Crippen LogP contribution < -0.4 is 10.9 Å². The number of hydrogen-bond donors (Lipinski definition) is 1. The number of anilines is 1. The van der Waals surface area contributed by atoms with Gasteiger partial charge in [-0.05, 0) is 49.1 Å². The Morgan fingerprint density at radius 2 is 1.93 bits per heavy atom. The Morgan fingerprint density at radius 1 is 1.25 bits per heavy atom. The van der Waals surface area contributed by atoms with Crippen LogP contribution in [0.4, 0.5) is 14.9 Å². The summed E-state index contributed by atoms with van der Waals surface area (Å²) in [6, 6.07) is 10.7. The molecule has 0 saturated heterocycles. The van der Waals surface area contributed by atoms with E-state index in [9.17, 15) is 14.0 Å². The maximum absolute atomic E-state index is 13.3. The summed E-state index contributed by atoms with van der Waals surface area (Å²) in [6.07, 6.45) is 1.80. The zero-order chi connectivity index (χ0) is 20.4. The average molecular weight is 402 g/mol. The molecule has 5 nitrogen and oxygen atoms in total. The van der Waals surface area contributed by atoms with Crippen molar-refractivity contribution in [1.82, 2.24) is 9.47 Å². The van der Waals surface area contributed by atoms with Crippen molar-refractivity contribution in [3.8, 4) is 0 Å². The summed E-state index contributed by atoms with van der Waals surface area (Å²) >= 11 is 5.78. The number of benzene rings is 2. The minimum absolute atomic E-state index is 0.0536. The molecule has 0 aliphatic heterocycles. The maximum Gasteiger partial charge on any atom is 0.322 e. The highest BCUT2D eigenvalue weighted by Crippen LogP contribution is 2.27. The predicted octanol–water partition coefficient (Wildman–Crippen LogP) is 5.04. The van der Waals surface area contributed by atoms with Gasteiger partial charge in [-0.15, -0.1) is 0 Å². The van der Waals surface area contributed by atoms with Crippen LogP contribution in [-0.2, 0) is 6.54 Å². The normalized spacial score (nSPS) is 12.0. The molecular weight excluding hydrogens is 381 g/mol. The molecule has 3 rings (SSSR count). The van der Waals surface area contributed by atoms with Crippen LogP contribution in [0, 0.1) is 5.82 Å². The van der Waals surface area contributed by atoms with Gasteiger partial charge in [-0.2, -0.15) is 0 Å². The van der Waals surface area contributed by atoms with Gasteiger partial charge in [0.2, 0.25) is 0 Å². The second kappa shape index (κ2) is 8.02. The number of hydrogen-bond acceptors (Lipinski definition) is 2. The minimum Gasteiger partial charge on any atom is -0.321 e. The number of halogens is 2. The Kier molecular flexibility index (Phi) is 5.70. The van der Waals surface area contributed by atoms with Crippen molar-refractivity contribution in [1.29, 1.82) is 0 Å². The fraction of sp³-hybridized carbons (Fsp3) is 0.238. The van der Waals surface area contributed by atoms with Crippen molar-refractivity contribution >= 4 is 34.1 Å². The first-order chi connectivity index (χ1) is 13.3. The highest BCUT2D eigenvalue weighted by molar-refractivity contribution is 6.31. The molecule has 28 heavy (non-hydrogen) atoms. The van der Waals surface area contributed by atoms with Crippen LogP contribution in [0.1, 0.15) is 25.5 Å². The minimum atomic E-state index is -0.547. The first kappa shape index (κ1) is 19.9. The Bertz CT molecular complexity index is 1100. The van der Waals surface area contributed by atoms with Gasteiger partial charge in [-0.25, -0.2) is 9.18 Å².